The second kappa shape index (κ2) is 5.21. The number of nitrogens with two attached hydrogens (primary N) is 1. The summed E-state index contributed by atoms with van der Waals surface area (Å²) in [6.07, 6.45) is 3.47. The summed E-state index contributed by atoms with van der Waals surface area (Å²) in [5.41, 5.74) is 2.34. The number of hydrogen-bond acceptors (Lipinski definition) is 5. The molecule has 1 aliphatic rings. The zero-order chi connectivity index (χ0) is 13.2. The summed E-state index contributed by atoms with van der Waals surface area (Å²) >= 11 is 0. The monoisotopic (exact) mass is 270 g/mol. The van der Waals surface area contributed by atoms with Crippen LogP contribution in [0.3, 0.4) is 0 Å². The molecule has 100 valence electrons. The molecule has 0 spiro atoms. The van der Waals surface area contributed by atoms with Crippen molar-refractivity contribution in [3.63, 3.8) is 0 Å². The molecule has 1 saturated heterocycles. The molecule has 0 bridgehead atoms. The zero-order valence-corrected chi connectivity index (χ0v) is 11.2. The molecule has 1 unspecified atom stereocenters. The Bertz CT molecular complexity index is 518. The molecule has 2 heterocycles. The minimum Gasteiger partial charge on any atom is -0.307 e. The number of pyridine rings is 1. The molecule has 1 aromatic rings. The van der Waals surface area contributed by atoms with Gasteiger partial charge >= 0.3 is 0 Å². The van der Waals surface area contributed by atoms with Crippen LogP contribution in [0.25, 0.3) is 0 Å². The maximum atomic E-state index is 12.5. The fourth-order valence-electron chi connectivity index (χ4n) is 2.21. The highest BCUT2D eigenvalue weighted by Crippen LogP contribution is 2.26. The number of anilines is 1. The molecular weight excluding hydrogens is 252 g/mol. The van der Waals surface area contributed by atoms with Gasteiger partial charge in [-0.2, -0.15) is 4.31 Å². The van der Waals surface area contributed by atoms with Gasteiger partial charge in [0, 0.05) is 19.3 Å². The van der Waals surface area contributed by atoms with Crippen LogP contribution in [-0.2, 0) is 10.0 Å². The van der Waals surface area contributed by atoms with Gasteiger partial charge in [-0.15, -0.1) is 0 Å². The molecule has 0 amide bonds. The lowest BCUT2D eigenvalue weighted by Gasteiger charge is -2.30. The molecule has 1 fully saturated rings. The van der Waals surface area contributed by atoms with E-state index in [2.05, 4.69) is 17.3 Å². The summed E-state index contributed by atoms with van der Waals surface area (Å²) in [6, 6.07) is 3.12. The van der Waals surface area contributed by atoms with Crippen LogP contribution in [0.4, 0.5) is 5.82 Å². The van der Waals surface area contributed by atoms with Crippen molar-refractivity contribution in [1.82, 2.24) is 9.29 Å². The number of nitrogens with one attached hydrogen (secondary N) is 1. The Balaban J connectivity index is 2.35. The van der Waals surface area contributed by atoms with E-state index in [4.69, 9.17) is 5.84 Å². The number of hydrazine groups is 1. The third kappa shape index (κ3) is 2.47. The minimum atomic E-state index is -3.51. The zero-order valence-electron chi connectivity index (χ0n) is 10.3. The molecule has 1 atom stereocenters. The molecule has 0 saturated carbocycles. The van der Waals surface area contributed by atoms with Crippen LogP contribution in [0, 0.1) is 5.92 Å². The Morgan fingerprint density at radius 2 is 2.33 bits per heavy atom. The van der Waals surface area contributed by atoms with Crippen molar-refractivity contribution >= 4 is 15.8 Å². The molecule has 7 heteroatoms. The molecule has 1 aliphatic heterocycles. The van der Waals surface area contributed by atoms with Crippen molar-refractivity contribution < 1.29 is 8.42 Å². The van der Waals surface area contributed by atoms with Gasteiger partial charge in [-0.05, 0) is 30.9 Å². The Hall–Kier alpha value is -1.18. The normalized spacial score (nSPS) is 21.8. The van der Waals surface area contributed by atoms with Gasteiger partial charge in [-0.3, -0.25) is 0 Å². The highest BCUT2D eigenvalue weighted by molar-refractivity contribution is 7.89. The topological polar surface area (TPSA) is 88.3 Å². The SMILES string of the molecule is CC1CCCN(S(=O)(=O)c2cccnc2NN)C1. The number of piperidine rings is 1. The largest absolute Gasteiger partial charge is 0.307 e. The molecular formula is C11H18N4O2S. The number of rotatable bonds is 3. The van der Waals surface area contributed by atoms with E-state index in [-0.39, 0.29) is 10.7 Å². The first-order valence-electron chi connectivity index (χ1n) is 5.97. The first kappa shape index (κ1) is 13.3. The smallest absolute Gasteiger partial charge is 0.246 e. The van der Waals surface area contributed by atoms with Crippen molar-refractivity contribution in [2.75, 3.05) is 18.5 Å². The lowest BCUT2D eigenvalue weighted by molar-refractivity contribution is 0.281. The van der Waals surface area contributed by atoms with Crippen molar-refractivity contribution in [3.8, 4) is 0 Å². The molecule has 6 nitrogen and oxygen atoms in total. The van der Waals surface area contributed by atoms with Crippen LogP contribution in [0.5, 0.6) is 0 Å². The third-order valence-corrected chi connectivity index (χ3v) is 5.04. The first-order chi connectivity index (χ1) is 8.55. The van der Waals surface area contributed by atoms with E-state index in [1.54, 1.807) is 6.07 Å². The second-order valence-corrected chi connectivity index (χ2v) is 6.51. The van der Waals surface area contributed by atoms with Gasteiger partial charge < -0.3 is 5.43 Å². The van der Waals surface area contributed by atoms with E-state index in [1.807, 2.05) is 0 Å². The van der Waals surface area contributed by atoms with E-state index < -0.39 is 10.0 Å². The van der Waals surface area contributed by atoms with Crippen LogP contribution >= 0.6 is 0 Å². The van der Waals surface area contributed by atoms with Gasteiger partial charge in [0.2, 0.25) is 10.0 Å². The maximum Gasteiger partial charge on any atom is 0.246 e. The van der Waals surface area contributed by atoms with E-state index in [1.165, 1.54) is 16.6 Å². The van der Waals surface area contributed by atoms with Crippen LogP contribution in [-0.4, -0.2) is 30.8 Å². The van der Waals surface area contributed by atoms with Crippen molar-refractivity contribution in [1.29, 1.82) is 0 Å². The van der Waals surface area contributed by atoms with Crippen LogP contribution in [0.15, 0.2) is 23.2 Å². The van der Waals surface area contributed by atoms with E-state index >= 15 is 0 Å². The fraction of sp³-hybridized carbons (Fsp3) is 0.545. The highest BCUT2D eigenvalue weighted by Gasteiger charge is 2.30. The molecule has 3 N–H and O–H groups in total. The number of hydrogen-bond donors (Lipinski definition) is 2. The highest BCUT2D eigenvalue weighted by atomic mass is 32.2. The summed E-state index contributed by atoms with van der Waals surface area (Å²) in [5.74, 6) is 5.89. The molecule has 2 rings (SSSR count). The Morgan fingerprint density at radius 1 is 1.56 bits per heavy atom. The summed E-state index contributed by atoms with van der Waals surface area (Å²) in [4.78, 5) is 4.08. The van der Waals surface area contributed by atoms with Gasteiger partial charge in [0.1, 0.15) is 4.90 Å². The summed E-state index contributed by atoms with van der Waals surface area (Å²) < 4.78 is 26.5. The Kier molecular flexibility index (Phi) is 3.84. The summed E-state index contributed by atoms with van der Waals surface area (Å²) in [5, 5.41) is 0. The van der Waals surface area contributed by atoms with Crippen molar-refractivity contribution in [2.45, 2.75) is 24.7 Å². The summed E-state index contributed by atoms with van der Waals surface area (Å²) in [6.45, 7) is 3.18. The van der Waals surface area contributed by atoms with Crippen molar-refractivity contribution in [3.05, 3.63) is 18.3 Å². The quantitative estimate of drug-likeness (QED) is 0.626. The third-order valence-electron chi connectivity index (χ3n) is 3.14. The van der Waals surface area contributed by atoms with Gasteiger partial charge in [0.25, 0.3) is 0 Å². The Labute approximate surface area is 107 Å². The van der Waals surface area contributed by atoms with E-state index in [0.29, 0.717) is 19.0 Å². The lowest BCUT2D eigenvalue weighted by Crippen LogP contribution is -2.39. The lowest BCUT2D eigenvalue weighted by atomic mass is 10.0. The molecule has 0 aromatic carbocycles. The second-order valence-electron chi connectivity index (χ2n) is 4.60. The number of sulfonamides is 1. The minimum absolute atomic E-state index is 0.140. The molecule has 0 aliphatic carbocycles. The predicted octanol–water partition coefficient (Wildman–Crippen LogP) is 0.788. The van der Waals surface area contributed by atoms with Gasteiger partial charge in [0.15, 0.2) is 5.82 Å². The average Bonchev–Trinajstić information content (AvgIpc) is 2.38. The van der Waals surface area contributed by atoms with Gasteiger partial charge in [-0.1, -0.05) is 6.92 Å². The van der Waals surface area contributed by atoms with Crippen LogP contribution < -0.4 is 11.3 Å². The maximum absolute atomic E-state index is 12.5. The number of nitrogens with zero attached hydrogens (tertiary/aromatic N) is 2. The number of aromatic nitrogens is 1. The molecule has 18 heavy (non-hydrogen) atoms. The Morgan fingerprint density at radius 3 is 3.00 bits per heavy atom. The van der Waals surface area contributed by atoms with Gasteiger partial charge in [-0.25, -0.2) is 19.2 Å². The predicted molar refractivity (Wildman–Crippen MR) is 69.2 cm³/mol. The molecule has 0 radical (unpaired) electrons. The summed E-state index contributed by atoms with van der Waals surface area (Å²) in [7, 11) is -3.51. The van der Waals surface area contributed by atoms with Gasteiger partial charge in [0.05, 0.1) is 0 Å². The number of nitrogen functional groups attached to an aromatic ring is 1. The molecule has 1 aromatic heterocycles. The van der Waals surface area contributed by atoms with E-state index in [9.17, 15) is 8.42 Å². The fourth-order valence-corrected chi connectivity index (χ4v) is 3.92. The van der Waals surface area contributed by atoms with Crippen molar-refractivity contribution in [2.24, 2.45) is 11.8 Å². The standard InChI is InChI=1S/C11H18N4O2S/c1-9-4-3-7-15(8-9)18(16,17)10-5-2-6-13-11(10)14-12/h2,5-6,9H,3-4,7-8,12H2,1H3,(H,13,14). The first-order valence-corrected chi connectivity index (χ1v) is 7.41. The van der Waals surface area contributed by atoms with E-state index in [0.717, 1.165) is 12.8 Å². The van der Waals surface area contributed by atoms with Crippen LogP contribution in [0.1, 0.15) is 19.8 Å². The average molecular weight is 270 g/mol. The van der Waals surface area contributed by atoms with Crippen LogP contribution in [0.2, 0.25) is 0 Å².